The first-order valence-electron chi connectivity index (χ1n) is 8.00. The Balaban J connectivity index is 1.66. The number of hydrogen-bond donors (Lipinski definition) is 3. The highest BCUT2D eigenvalue weighted by Gasteiger charge is 2.31. The number of anilines is 1. The number of aromatic nitrogens is 2. The van der Waals surface area contributed by atoms with E-state index in [1.807, 2.05) is 45.0 Å². The van der Waals surface area contributed by atoms with E-state index < -0.39 is 12.1 Å². The summed E-state index contributed by atoms with van der Waals surface area (Å²) in [7, 11) is 0. The molecule has 1 aliphatic carbocycles. The van der Waals surface area contributed by atoms with Crippen molar-refractivity contribution < 1.29 is 9.90 Å². The Kier molecular flexibility index (Phi) is 4.24. The maximum atomic E-state index is 12.2. The molecule has 6 heteroatoms. The van der Waals surface area contributed by atoms with Crippen LogP contribution in [0.15, 0.2) is 36.7 Å². The van der Waals surface area contributed by atoms with Crippen molar-refractivity contribution in [3.05, 3.63) is 53.6 Å². The number of urea groups is 1. The van der Waals surface area contributed by atoms with Gasteiger partial charge in [-0.2, -0.15) is 0 Å². The fourth-order valence-electron chi connectivity index (χ4n) is 2.84. The van der Waals surface area contributed by atoms with Crippen LogP contribution in [-0.2, 0) is 11.8 Å². The average molecular weight is 326 g/mol. The molecule has 126 valence electrons. The second kappa shape index (κ2) is 6.20. The molecule has 6 nitrogen and oxygen atoms in total. The number of nitrogens with zero attached hydrogens (tertiary/aromatic N) is 2. The molecule has 1 aromatic carbocycles. The predicted octanol–water partition coefficient (Wildman–Crippen LogP) is 2.55. The zero-order valence-electron chi connectivity index (χ0n) is 14.1. The van der Waals surface area contributed by atoms with Crippen LogP contribution in [0, 0.1) is 0 Å². The van der Waals surface area contributed by atoms with Crippen LogP contribution in [0.25, 0.3) is 0 Å². The van der Waals surface area contributed by atoms with Crippen LogP contribution in [0.2, 0.25) is 0 Å². The van der Waals surface area contributed by atoms with E-state index in [1.165, 1.54) is 0 Å². The zero-order valence-corrected chi connectivity index (χ0v) is 14.1. The van der Waals surface area contributed by atoms with Gasteiger partial charge in [-0.05, 0) is 11.1 Å². The Labute approximate surface area is 141 Å². The van der Waals surface area contributed by atoms with Gasteiger partial charge in [0.15, 0.2) is 0 Å². The van der Waals surface area contributed by atoms with Gasteiger partial charge in [0.05, 0.1) is 30.2 Å². The summed E-state index contributed by atoms with van der Waals surface area (Å²) < 4.78 is 0. The van der Waals surface area contributed by atoms with Gasteiger partial charge in [0.1, 0.15) is 5.82 Å². The lowest BCUT2D eigenvalue weighted by Gasteiger charge is -2.19. The number of fused-ring (bicyclic) bond motifs is 1. The van der Waals surface area contributed by atoms with Gasteiger partial charge < -0.3 is 15.7 Å². The van der Waals surface area contributed by atoms with Crippen LogP contribution < -0.4 is 10.6 Å². The molecule has 24 heavy (non-hydrogen) atoms. The molecular formula is C18H22N4O2. The number of carbonyl (C=O) groups is 1. The Morgan fingerprint density at radius 3 is 2.54 bits per heavy atom. The third-order valence-electron chi connectivity index (χ3n) is 4.07. The number of hydrogen-bond acceptors (Lipinski definition) is 4. The highest BCUT2D eigenvalue weighted by molar-refractivity contribution is 5.89. The number of rotatable bonds is 2. The van der Waals surface area contributed by atoms with Gasteiger partial charge >= 0.3 is 6.03 Å². The summed E-state index contributed by atoms with van der Waals surface area (Å²) in [6.45, 7) is 6.09. The Hall–Kier alpha value is -2.47. The van der Waals surface area contributed by atoms with E-state index in [2.05, 4.69) is 20.6 Å². The molecule has 0 saturated heterocycles. The molecule has 2 atom stereocenters. The fourth-order valence-corrected chi connectivity index (χ4v) is 2.84. The van der Waals surface area contributed by atoms with Gasteiger partial charge in [0.2, 0.25) is 0 Å². The van der Waals surface area contributed by atoms with E-state index in [9.17, 15) is 9.90 Å². The van der Waals surface area contributed by atoms with Gasteiger partial charge in [0, 0.05) is 11.8 Å². The second-order valence-corrected chi connectivity index (χ2v) is 7.09. The van der Waals surface area contributed by atoms with Crippen molar-refractivity contribution in [1.82, 2.24) is 15.3 Å². The topological polar surface area (TPSA) is 87.1 Å². The lowest BCUT2D eigenvalue weighted by Crippen LogP contribution is -2.36. The van der Waals surface area contributed by atoms with Gasteiger partial charge in [-0.15, -0.1) is 0 Å². The minimum Gasteiger partial charge on any atom is -0.390 e. The Morgan fingerprint density at radius 1 is 1.21 bits per heavy atom. The summed E-state index contributed by atoms with van der Waals surface area (Å²) in [5, 5.41) is 15.7. The zero-order chi connectivity index (χ0) is 17.3. The van der Waals surface area contributed by atoms with Crippen LogP contribution >= 0.6 is 0 Å². The highest BCUT2D eigenvalue weighted by Crippen LogP contribution is 2.31. The molecule has 3 N–H and O–H groups in total. The number of amides is 2. The van der Waals surface area contributed by atoms with Crippen molar-refractivity contribution in [2.45, 2.75) is 44.8 Å². The number of nitrogens with one attached hydrogen (secondary N) is 2. The van der Waals surface area contributed by atoms with Crippen LogP contribution in [0.5, 0.6) is 0 Å². The molecule has 0 fully saturated rings. The number of benzene rings is 1. The standard InChI is InChI=1S/C18H22N4O2/c1-18(2,3)16-19-9-12(10-20-16)21-17(24)22-15-13-7-5-4-6-11(13)8-14(15)23/h4-7,9-10,14-15,23H,8H2,1-3H3,(H2,21,22,24)/t14-,15+/m1/s1. The van der Waals surface area contributed by atoms with Crippen molar-refractivity contribution in [3.63, 3.8) is 0 Å². The third kappa shape index (κ3) is 3.38. The highest BCUT2D eigenvalue weighted by atomic mass is 16.3. The first-order chi connectivity index (χ1) is 11.3. The van der Waals surface area contributed by atoms with Crippen LogP contribution in [0.1, 0.15) is 43.8 Å². The first kappa shape index (κ1) is 16.4. The van der Waals surface area contributed by atoms with E-state index in [0.717, 1.165) is 11.1 Å². The minimum atomic E-state index is -0.618. The number of aliphatic hydroxyl groups is 1. The van der Waals surface area contributed by atoms with Crippen LogP contribution in [0.3, 0.4) is 0 Å². The van der Waals surface area contributed by atoms with Crippen molar-refractivity contribution in [1.29, 1.82) is 0 Å². The third-order valence-corrected chi connectivity index (χ3v) is 4.07. The molecule has 0 saturated carbocycles. The van der Waals surface area contributed by atoms with Gasteiger partial charge in [0.25, 0.3) is 0 Å². The van der Waals surface area contributed by atoms with E-state index in [4.69, 9.17) is 0 Å². The Morgan fingerprint density at radius 2 is 1.88 bits per heavy atom. The lowest BCUT2D eigenvalue weighted by atomic mass is 9.96. The van der Waals surface area contributed by atoms with Crippen molar-refractivity contribution in [2.24, 2.45) is 0 Å². The first-order valence-corrected chi connectivity index (χ1v) is 8.00. The summed E-state index contributed by atoms with van der Waals surface area (Å²) in [6.07, 6.45) is 3.11. The maximum Gasteiger partial charge on any atom is 0.319 e. The van der Waals surface area contributed by atoms with Crippen LogP contribution in [-0.4, -0.2) is 27.2 Å². The minimum absolute atomic E-state index is 0.140. The SMILES string of the molecule is CC(C)(C)c1ncc(NC(=O)N[C@H]2c3ccccc3C[C@H]2O)cn1. The van der Waals surface area contributed by atoms with E-state index >= 15 is 0 Å². The van der Waals surface area contributed by atoms with Crippen molar-refractivity contribution in [2.75, 3.05) is 5.32 Å². The van der Waals surface area contributed by atoms with E-state index in [-0.39, 0.29) is 11.4 Å². The summed E-state index contributed by atoms with van der Waals surface area (Å²) in [6, 6.07) is 6.94. The molecule has 0 spiro atoms. The van der Waals surface area contributed by atoms with E-state index in [1.54, 1.807) is 12.4 Å². The molecular weight excluding hydrogens is 304 g/mol. The fraction of sp³-hybridized carbons (Fsp3) is 0.389. The van der Waals surface area contributed by atoms with Gasteiger partial charge in [-0.3, -0.25) is 0 Å². The molecule has 3 rings (SSSR count). The molecule has 2 amide bonds. The van der Waals surface area contributed by atoms with Crippen molar-refractivity contribution >= 4 is 11.7 Å². The predicted molar refractivity (Wildman–Crippen MR) is 91.8 cm³/mol. The molecule has 0 unspecified atom stereocenters. The molecule has 1 aromatic heterocycles. The van der Waals surface area contributed by atoms with E-state index in [0.29, 0.717) is 17.9 Å². The monoisotopic (exact) mass is 326 g/mol. The molecule has 1 aliphatic rings. The maximum absolute atomic E-state index is 12.2. The molecule has 2 aromatic rings. The molecule has 0 bridgehead atoms. The smallest absolute Gasteiger partial charge is 0.319 e. The molecule has 0 aliphatic heterocycles. The molecule has 1 heterocycles. The number of carbonyl (C=O) groups excluding carboxylic acids is 1. The second-order valence-electron chi connectivity index (χ2n) is 7.09. The quantitative estimate of drug-likeness (QED) is 0.791. The summed E-state index contributed by atoms with van der Waals surface area (Å²) in [5.41, 5.74) is 2.40. The Bertz CT molecular complexity index is 737. The lowest BCUT2D eigenvalue weighted by molar-refractivity contribution is 0.144. The largest absolute Gasteiger partial charge is 0.390 e. The van der Waals surface area contributed by atoms with Gasteiger partial charge in [-0.25, -0.2) is 14.8 Å². The normalized spacial score (nSPS) is 19.7. The van der Waals surface area contributed by atoms with Gasteiger partial charge in [-0.1, -0.05) is 45.0 Å². The van der Waals surface area contributed by atoms with Crippen LogP contribution in [0.4, 0.5) is 10.5 Å². The average Bonchev–Trinajstić information content (AvgIpc) is 2.83. The number of aliphatic hydroxyl groups excluding tert-OH is 1. The summed E-state index contributed by atoms with van der Waals surface area (Å²) in [5.74, 6) is 0.716. The summed E-state index contributed by atoms with van der Waals surface area (Å²) in [4.78, 5) is 20.8. The summed E-state index contributed by atoms with van der Waals surface area (Å²) >= 11 is 0. The molecule has 0 radical (unpaired) electrons. The van der Waals surface area contributed by atoms with Crippen molar-refractivity contribution in [3.8, 4) is 0 Å².